The number of thiocarbonyl (C=S) groups is 1. The fourth-order valence-electron chi connectivity index (χ4n) is 3.02. The summed E-state index contributed by atoms with van der Waals surface area (Å²) in [6.45, 7) is 3.98. The molecule has 0 unspecified atom stereocenters. The van der Waals surface area contributed by atoms with Gasteiger partial charge in [-0.3, -0.25) is 15.6 Å². The average molecular weight is 427 g/mol. The predicted molar refractivity (Wildman–Crippen MR) is 114 cm³/mol. The van der Waals surface area contributed by atoms with E-state index in [9.17, 15) is 13.2 Å². The molecule has 0 bridgehead atoms. The van der Waals surface area contributed by atoms with Crippen molar-refractivity contribution in [2.45, 2.75) is 56.8 Å². The van der Waals surface area contributed by atoms with Crippen LogP contribution in [-0.2, 0) is 10.0 Å². The second kappa shape index (κ2) is 11.3. The van der Waals surface area contributed by atoms with E-state index in [0.29, 0.717) is 23.8 Å². The summed E-state index contributed by atoms with van der Waals surface area (Å²) in [5, 5.41) is 3.37. The van der Waals surface area contributed by atoms with Gasteiger partial charge in [-0.1, -0.05) is 32.6 Å². The van der Waals surface area contributed by atoms with Crippen LogP contribution < -0.4 is 16.2 Å². The first-order valence-electron chi connectivity index (χ1n) is 9.89. The molecule has 0 spiro atoms. The second-order valence-electron chi connectivity index (χ2n) is 6.88. The normalized spacial score (nSPS) is 15.5. The van der Waals surface area contributed by atoms with Gasteiger partial charge in [-0.15, -0.1) is 0 Å². The quantitative estimate of drug-likeness (QED) is 0.353. The molecule has 0 atom stereocenters. The van der Waals surface area contributed by atoms with Crippen LogP contribution in [0.1, 0.15) is 62.2 Å². The lowest BCUT2D eigenvalue weighted by Gasteiger charge is -2.20. The number of amides is 1. The van der Waals surface area contributed by atoms with Gasteiger partial charge >= 0.3 is 0 Å². The highest BCUT2D eigenvalue weighted by Crippen LogP contribution is 2.20. The summed E-state index contributed by atoms with van der Waals surface area (Å²) in [6, 6.07) is 5.99. The lowest BCUT2D eigenvalue weighted by molar-refractivity contribution is 0.0943. The van der Waals surface area contributed by atoms with Crippen LogP contribution in [-0.4, -0.2) is 43.4 Å². The number of rotatable bonds is 7. The van der Waals surface area contributed by atoms with Crippen molar-refractivity contribution in [2.75, 3.05) is 19.6 Å². The summed E-state index contributed by atoms with van der Waals surface area (Å²) in [5.74, 6) is -0.378. The summed E-state index contributed by atoms with van der Waals surface area (Å²) in [4.78, 5) is 12.4. The summed E-state index contributed by atoms with van der Waals surface area (Å²) in [6.07, 6.45) is 7.16. The zero-order valence-corrected chi connectivity index (χ0v) is 18.0. The van der Waals surface area contributed by atoms with Crippen LogP contribution in [0.4, 0.5) is 0 Å². The van der Waals surface area contributed by atoms with Crippen LogP contribution in [0.3, 0.4) is 0 Å². The topological polar surface area (TPSA) is 90.5 Å². The van der Waals surface area contributed by atoms with Gasteiger partial charge in [0.05, 0.1) is 4.90 Å². The summed E-state index contributed by atoms with van der Waals surface area (Å²) in [5.41, 5.74) is 5.53. The third-order valence-electron chi connectivity index (χ3n) is 4.67. The molecular weight excluding hydrogens is 396 g/mol. The maximum absolute atomic E-state index is 12.8. The Balaban J connectivity index is 1.88. The predicted octanol–water partition coefficient (Wildman–Crippen LogP) is 2.55. The zero-order valence-electron chi connectivity index (χ0n) is 16.4. The molecule has 1 aliphatic heterocycles. The SMILES string of the molecule is CCCCCNC(=S)NNC(=O)c1ccc(S(=O)(=O)N2CCCCCC2)cc1. The minimum absolute atomic E-state index is 0.215. The lowest BCUT2D eigenvalue weighted by Crippen LogP contribution is -2.47. The fourth-order valence-corrected chi connectivity index (χ4v) is 4.69. The van der Waals surface area contributed by atoms with Gasteiger partial charge in [0.15, 0.2) is 5.11 Å². The molecule has 28 heavy (non-hydrogen) atoms. The van der Waals surface area contributed by atoms with E-state index in [1.54, 1.807) is 4.31 Å². The van der Waals surface area contributed by atoms with Crippen molar-refractivity contribution in [3.63, 3.8) is 0 Å². The van der Waals surface area contributed by atoms with Gasteiger partial charge in [0.1, 0.15) is 0 Å². The molecule has 3 N–H and O–H groups in total. The van der Waals surface area contributed by atoms with E-state index < -0.39 is 10.0 Å². The summed E-state index contributed by atoms with van der Waals surface area (Å²) >= 11 is 5.10. The van der Waals surface area contributed by atoms with Crippen molar-refractivity contribution in [2.24, 2.45) is 0 Å². The van der Waals surface area contributed by atoms with Gasteiger partial charge in [0.2, 0.25) is 10.0 Å². The highest BCUT2D eigenvalue weighted by molar-refractivity contribution is 7.89. The molecule has 9 heteroatoms. The number of benzene rings is 1. The first-order chi connectivity index (χ1) is 13.4. The number of hydrogen-bond donors (Lipinski definition) is 3. The number of carbonyl (C=O) groups excluding carboxylic acids is 1. The van der Waals surface area contributed by atoms with E-state index in [-0.39, 0.29) is 10.8 Å². The van der Waals surface area contributed by atoms with E-state index in [1.165, 1.54) is 24.3 Å². The van der Waals surface area contributed by atoms with E-state index in [4.69, 9.17) is 12.2 Å². The number of hydrazine groups is 1. The maximum Gasteiger partial charge on any atom is 0.269 e. The average Bonchev–Trinajstić information content (AvgIpc) is 2.99. The van der Waals surface area contributed by atoms with Crippen LogP contribution in [0.2, 0.25) is 0 Å². The number of hydrogen-bond acceptors (Lipinski definition) is 4. The molecule has 0 aliphatic carbocycles. The molecule has 1 aromatic rings. The van der Waals surface area contributed by atoms with Crippen LogP contribution in [0.25, 0.3) is 0 Å². The number of unbranched alkanes of at least 4 members (excludes halogenated alkanes) is 2. The van der Waals surface area contributed by atoms with E-state index in [1.807, 2.05) is 0 Å². The van der Waals surface area contributed by atoms with Crippen molar-refractivity contribution in [3.8, 4) is 0 Å². The molecule has 1 aliphatic rings. The third-order valence-corrected chi connectivity index (χ3v) is 6.83. The Morgan fingerprint density at radius 3 is 2.29 bits per heavy atom. The second-order valence-corrected chi connectivity index (χ2v) is 9.23. The fraction of sp³-hybridized carbons (Fsp3) is 0.579. The molecule has 2 rings (SSSR count). The largest absolute Gasteiger partial charge is 0.361 e. The summed E-state index contributed by atoms with van der Waals surface area (Å²) in [7, 11) is -3.51. The first kappa shape index (κ1) is 22.6. The Bertz CT molecular complexity index is 743. The summed E-state index contributed by atoms with van der Waals surface area (Å²) < 4.78 is 27.1. The van der Waals surface area contributed by atoms with E-state index in [2.05, 4.69) is 23.1 Å². The number of carbonyl (C=O) groups is 1. The number of sulfonamides is 1. The molecule has 0 aromatic heterocycles. The first-order valence-corrected chi connectivity index (χ1v) is 11.7. The number of nitrogens with one attached hydrogen (secondary N) is 3. The Hall–Kier alpha value is -1.71. The molecule has 0 saturated carbocycles. The zero-order chi connectivity index (χ0) is 20.4. The molecule has 1 heterocycles. The molecule has 1 saturated heterocycles. The highest BCUT2D eigenvalue weighted by Gasteiger charge is 2.25. The Morgan fingerprint density at radius 1 is 1.04 bits per heavy atom. The molecule has 1 aromatic carbocycles. The van der Waals surface area contributed by atoms with E-state index >= 15 is 0 Å². The molecule has 0 radical (unpaired) electrons. The van der Waals surface area contributed by atoms with Crippen molar-refractivity contribution in [1.29, 1.82) is 0 Å². The standard InChI is InChI=1S/C19H30N4O3S2/c1-2-3-6-13-20-19(27)22-21-18(24)16-9-11-17(12-10-16)28(25,26)23-14-7-4-5-8-15-23/h9-12H,2-8,13-15H2,1H3,(H,21,24)(H2,20,22,27). The Labute approximate surface area is 173 Å². The van der Waals surface area contributed by atoms with Gasteiger partial charge in [0, 0.05) is 25.2 Å². The van der Waals surface area contributed by atoms with Gasteiger partial charge in [-0.25, -0.2) is 8.42 Å². The Morgan fingerprint density at radius 2 is 1.68 bits per heavy atom. The maximum atomic E-state index is 12.8. The molecule has 7 nitrogen and oxygen atoms in total. The molecule has 1 amide bonds. The van der Waals surface area contributed by atoms with Gasteiger partial charge < -0.3 is 5.32 Å². The Kier molecular flexibility index (Phi) is 9.14. The van der Waals surface area contributed by atoms with Crippen LogP contribution in [0.5, 0.6) is 0 Å². The molecule has 1 fully saturated rings. The minimum atomic E-state index is -3.51. The van der Waals surface area contributed by atoms with Crippen molar-refractivity contribution < 1.29 is 13.2 Å². The lowest BCUT2D eigenvalue weighted by atomic mass is 10.2. The van der Waals surface area contributed by atoms with Crippen LogP contribution in [0, 0.1) is 0 Å². The van der Waals surface area contributed by atoms with Crippen molar-refractivity contribution in [1.82, 2.24) is 20.5 Å². The van der Waals surface area contributed by atoms with Crippen LogP contribution >= 0.6 is 12.2 Å². The molecular formula is C19H30N4O3S2. The van der Waals surface area contributed by atoms with Crippen molar-refractivity contribution in [3.05, 3.63) is 29.8 Å². The molecule has 156 valence electrons. The van der Waals surface area contributed by atoms with E-state index in [0.717, 1.165) is 51.5 Å². The number of nitrogens with zero attached hydrogens (tertiary/aromatic N) is 1. The van der Waals surface area contributed by atoms with Gasteiger partial charge in [-0.05, 0) is 55.7 Å². The third kappa shape index (κ3) is 6.72. The highest BCUT2D eigenvalue weighted by atomic mass is 32.2. The van der Waals surface area contributed by atoms with Crippen LogP contribution in [0.15, 0.2) is 29.2 Å². The monoisotopic (exact) mass is 426 g/mol. The van der Waals surface area contributed by atoms with Gasteiger partial charge in [0.25, 0.3) is 5.91 Å². The minimum Gasteiger partial charge on any atom is -0.361 e. The van der Waals surface area contributed by atoms with Gasteiger partial charge in [-0.2, -0.15) is 4.31 Å². The van der Waals surface area contributed by atoms with Crippen molar-refractivity contribution >= 4 is 33.3 Å². The smallest absolute Gasteiger partial charge is 0.269 e.